The highest BCUT2D eigenvalue weighted by atomic mass is 16.6. The van der Waals surface area contributed by atoms with Gasteiger partial charge in [0.25, 0.3) is 11.6 Å². The van der Waals surface area contributed by atoms with Crippen LogP contribution in [0.5, 0.6) is 0 Å². The van der Waals surface area contributed by atoms with Gasteiger partial charge in [-0.2, -0.15) is 0 Å². The lowest BCUT2D eigenvalue weighted by Crippen LogP contribution is -2.26. The SMILES string of the molecule is CN(C)c1ccc([N+](=O)[O-])cc1C(=O)NCCCCCCCN1CCCC1. The van der Waals surface area contributed by atoms with Gasteiger partial charge in [0, 0.05) is 38.5 Å². The highest BCUT2D eigenvalue weighted by molar-refractivity contribution is 6.00. The van der Waals surface area contributed by atoms with Gasteiger partial charge in [-0.3, -0.25) is 14.9 Å². The first-order valence-electron chi connectivity index (χ1n) is 9.95. The summed E-state index contributed by atoms with van der Waals surface area (Å²) in [6, 6.07) is 4.39. The number of nitrogens with one attached hydrogen (secondary N) is 1. The minimum absolute atomic E-state index is 0.0660. The molecule has 0 radical (unpaired) electrons. The average Bonchev–Trinajstić information content (AvgIpc) is 3.16. The summed E-state index contributed by atoms with van der Waals surface area (Å²) in [5.41, 5.74) is 0.962. The molecule has 1 fully saturated rings. The fourth-order valence-corrected chi connectivity index (χ4v) is 3.50. The van der Waals surface area contributed by atoms with Crippen LogP contribution in [-0.2, 0) is 0 Å². The predicted octanol–water partition coefficient (Wildman–Crippen LogP) is 3.44. The van der Waals surface area contributed by atoms with E-state index in [0.29, 0.717) is 17.8 Å². The standard InChI is InChI=1S/C20H32N4O3/c1-22(2)19-11-10-17(24(26)27)16-18(19)20(25)21-12-6-4-3-5-7-13-23-14-8-9-15-23/h10-11,16H,3-9,12-15H2,1-2H3,(H,21,25). The number of carbonyl (C=O) groups excluding carboxylic acids is 1. The number of nitro benzene ring substituents is 1. The van der Waals surface area contributed by atoms with Crippen molar-refractivity contribution in [1.82, 2.24) is 10.2 Å². The Balaban J connectivity index is 1.68. The number of anilines is 1. The summed E-state index contributed by atoms with van der Waals surface area (Å²) in [7, 11) is 3.64. The first kappa shape index (κ1) is 21.2. The molecule has 0 aromatic heterocycles. The van der Waals surface area contributed by atoms with Gasteiger partial charge in [-0.15, -0.1) is 0 Å². The molecule has 1 N–H and O–H groups in total. The Bertz CT molecular complexity index is 628. The molecule has 1 amide bonds. The smallest absolute Gasteiger partial charge is 0.270 e. The Labute approximate surface area is 161 Å². The van der Waals surface area contributed by atoms with Crippen molar-refractivity contribution in [3.05, 3.63) is 33.9 Å². The van der Waals surface area contributed by atoms with Crippen LogP contribution in [0.1, 0.15) is 55.3 Å². The largest absolute Gasteiger partial charge is 0.377 e. The maximum atomic E-state index is 12.5. The molecule has 0 saturated carbocycles. The maximum absolute atomic E-state index is 12.5. The Morgan fingerprint density at radius 1 is 1.15 bits per heavy atom. The van der Waals surface area contributed by atoms with Gasteiger partial charge in [0.2, 0.25) is 0 Å². The second kappa shape index (κ2) is 10.9. The van der Waals surface area contributed by atoms with E-state index in [9.17, 15) is 14.9 Å². The van der Waals surface area contributed by atoms with Crippen LogP contribution in [0.15, 0.2) is 18.2 Å². The molecule has 0 unspecified atom stereocenters. The lowest BCUT2D eigenvalue weighted by Gasteiger charge is -2.17. The summed E-state index contributed by atoms with van der Waals surface area (Å²) < 4.78 is 0. The van der Waals surface area contributed by atoms with Crippen LogP contribution < -0.4 is 10.2 Å². The molecule has 7 heteroatoms. The number of benzene rings is 1. The number of nitrogens with zero attached hydrogens (tertiary/aromatic N) is 3. The summed E-state index contributed by atoms with van der Waals surface area (Å²) in [4.78, 5) is 27.3. The van der Waals surface area contributed by atoms with Gasteiger partial charge < -0.3 is 15.1 Å². The molecule has 150 valence electrons. The number of hydrogen-bond donors (Lipinski definition) is 1. The van der Waals surface area contributed by atoms with Gasteiger partial charge >= 0.3 is 0 Å². The molecule has 1 aliphatic rings. The van der Waals surface area contributed by atoms with Crippen LogP contribution in [0.4, 0.5) is 11.4 Å². The Kier molecular flexibility index (Phi) is 8.51. The van der Waals surface area contributed by atoms with E-state index in [0.717, 1.165) is 12.8 Å². The molecule has 7 nitrogen and oxygen atoms in total. The molecule has 1 heterocycles. The Morgan fingerprint density at radius 2 is 1.81 bits per heavy atom. The summed E-state index contributed by atoms with van der Waals surface area (Å²) in [6.07, 6.45) is 8.40. The third-order valence-corrected chi connectivity index (χ3v) is 5.05. The molecule has 1 aliphatic heterocycles. The highest BCUT2D eigenvalue weighted by Gasteiger charge is 2.17. The van der Waals surface area contributed by atoms with E-state index in [-0.39, 0.29) is 11.6 Å². The van der Waals surface area contributed by atoms with Crippen LogP contribution in [0.25, 0.3) is 0 Å². The molecule has 27 heavy (non-hydrogen) atoms. The Hall–Kier alpha value is -2.15. The number of rotatable bonds is 11. The van der Waals surface area contributed by atoms with E-state index in [1.54, 1.807) is 11.0 Å². The zero-order valence-corrected chi connectivity index (χ0v) is 16.6. The second-order valence-electron chi connectivity index (χ2n) is 7.43. The molecule has 0 aliphatic carbocycles. The van der Waals surface area contributed by atoms with Crippen molar-refractivity contribution in [2.24, 2.45) is 0 Å². The third kappa shape index (κ3) is 6.82. The van der Waals surface area contributed by atoms with Gasteiger partial charge in [-0.1, -0.05) is 19.3 Å². The number of carbonyl (C=O) groups is 1. The lowest BCUT2D eigenvalue weighted by molar-refractivity contribution is -0.384. The van der Waals surface area contributed by atoms with Crippen LogP contribution in [0.2, 0.25) is 0 Å². The number of unbranched alkanes of at least 4 members (excludes halogenated alkanes) is 4. The Morgan fingerprint density at radius 3 is 2.48 bits per heavy atom. The summed E-state index contributed by atoms with van der Waals surface area (Å²) in [5.74, 6) is -0.253. The first-order chi connectivity index (χ1) is 13.0. The minimum Gasteiger partial charge on any atom is -0.377 e. The number of non-ortho nitro benzene ring substituents is 1. The molecular formula is C20H32N4O3. The van der Waals surface area contributed by atoms with Gasteiger partial charge in [-0.25, -0.2) is 0 Å². The fourth-order valence-electron chi connectivity index (χ4n) is 3.50. The predicted molar refractivity (Wildman–Crippen MR) is 109 cm³/mol. The van der Waals surface area contributed by atoms with Gasteiger partial charge in [-0.05, 0) is 51.4 Å². The van der Waals surface area contributed by atoms with E-state index >= 15 is 0 Å². The summed E-state index contributed by atoms with van der Waals surface area (Å²) in [5, 5.41) is 13.9. The van der Waals surface area contributed by atoms with Crippen LogP contribution in [0.3, 0.4) is 0 Å². The van der Waals surface area contributed by atoms with Gasteiger partial charge in [0.15, 0.2) is 0 Å². The summed E-state index contributed by atoms with van der Waals surface area (Å²) >= 11 is 0. The minimum atomic E-state index is -0.474. The number of likely N-dealkylation sites (tertiary alicyclic amines) is 1. The van der Waals surface area contributed by atoms with E-state index in [1.165, 1.54) is 63.9 Å². The van der Waals surface area contributed by atoms with Crippen LogP contribution >= 0.6 is 0 Å². The highest BCUT2D eigenvalue weighted by Crippen LogP contribution is 2.24. The molecule has 1 saturated heterocycles. The van der Waals surface area contributed by atoms with E-state index < -0.39 is 4.92 Å². The molecule has 1 aromatic carbocycles. The van der Waals surface area contributed by atoms with Crippen molar-refractivity contribution in [3.63, 3.8) is 0 Å². The second-order valence-corrected chi connectivity index (χ2v) is 7.43. The lowest BCUT2D eigenvalue weighted by atomic mass is 10.1. The summed E-state index contributed by atoms with van der Waals surface area (Å²) in [6.45, 7) is 4.34. The molecule has 0 spiro atoms. The number of amides is 1. The number of hydrogen-bond acceptors (Lipinski definition) is 5. The van der Waals surface area contributed by atoms with Gasteiger partial charge in [0.1, 0.15) is 0 Å². The monoisotopic (exact) mass is 376 g/mol. The van der Waals surface area contributed by atoms with Crippen LogP contribution in [-0.4, -0.2) is 56.0 Å². The van der Waals surface area contributed by atoms with E-state index in [4.69, 9.17) is 0 Å². The van der Waals surface area contributed by atoms with Crippen molar-refractivity contribution in [2.75, 3.05) is 45.2 Å². The maximum Gasteiger partial charge on any atom is 0.270 e. The number of nitro groups is 1. The zero-order chi connectivity index (χ0) is 19.6. The third-order valence-electron chi connectivity index (χ3n) is 5.05. The quantitative estimate of drug-likeness (QED) is 0.364. The normalized spacial score (nSPS) is 14.3. The molecule has 2 rings (SSSR count). The van der Waals surface area contributed by atoms with E-state index in [1.807, 2.05) is 14.1 Å². The fraction of sp³-hybridized carbons (Fsp3) is 0.650. The molecule has 1 aromatic rings. The van der Waals surface area contributed by atoms with Crippen molar-refractivity contribution in [2.45, 2.75) is 44.9 Å². The molecular weight excluding hydrogens is 344 g/mol. The topological polar surface area (TPSA) is 78.7 Å². The molecule has 0 atom stereocenters. The van der Waals surface area contributed by atoms with Crippen molar-refractivity contribution >= 4 is 17.3 Å². The van der Waals surface area contributed by atoms with E-state index in [2.05, 4.69) is 10.2 Å². The van der Waals surface area contributed by atoms with Crippen molar-refractivity contribution in [1.29, 1.82) is 0 Å². The van der Waals surface area contributed by atoms with Gasteiger partial charge in [0.05, 0.1) is 10.5 Å². The molecule has 0 bridgehead atoms. The van der Waals surface area contributed by atoms with Crippen molar-refractivity contribution in [3.8, 4) is 0 Å². The van der Waals surface area contributed by atoms with Crippen LogP contribution in [0, 0.1) is 10.1 Å². The van der Waals surface area contributed by atoms with Crippen molar-refractivity contribution < 1.29 is 9.72 Å². The first-order valence-corrected chi connectivity index (χ1v) is 9.95. The average molecular weight is 377 g/mol. The zero-order valence-electron chi connectivity index (χ0n) is 16.6.